The fourth-order valence-corrected chi connectivity index (χ4v) is 4.04. The van der Waals surface area contributed by atoms with Crippen LogP contribution in [0.25, 0.3) is 0 Å². The number of anilines is 1. The summed E-state index contributed by atoms with van der Waals surface area (Å²) in [4.78, 5) is 27.6. The highest BCUT2D eigenvalue weighted by atomic mass is 79.9. The van der Waals surface area contributed by atoms with Crippen molar-refractivity contribution in [3.05, 3.63) is 57.6 Å². The van der Waals surface area contributed by atoms with E-state index in [9.17, 15) is 9.59 Å². The molecule has 1 fully saturated rings. The Morgan fingerprint density at radius 2 is 1.86 bits per heavy atom. The van der Waals surface area contributed by atoms with E-state index in [0.29, 0.717) is 31.7 Å². The van der Waals surface area contributed by atoms with Gasteiger partial charge in [-0.1, -0.05) is 6.07 Å². The topological polar surface area (TPSA) is 49.9 Å². The second-order valence-corrected chi connectivity index (χ2v) is 7.92. The molecule has 0 bridgehead atoms. The number of rotatable bonds is 6. The van der Waals surface area contributed by atoms with E-state index < -0.39 is 0 Å². The third-order valence-electron chi connectivity index (χ3n) is 4.99. The number of aldehydes is 1. The number of hydrogen-bond acceptors (Lipinski definition) is 4. The zero-order valence-corrected chi connectivity index (χ0v) is 17.9. The van der Waals surface area contributed by atoms with Gasteiger partial charge in [0, 0.05) is 37.4 Å². The molecule has 0 radical (unpaired) electrons. The molecule has 6 heteroatoms. The van der Waals surface area contributed by atoms with Gasteiger partial charge in [0.05, 0.1) is 17.5 Å². The van der Waals surface area contributed by atoms with Crippen LogP contribution in [0, 0.1) is 13.8 Å². The average molecular weight is 445 g/mol. The Bertz CT molecular complexity index is 861. The van der Waals surface area contributed by atoms with Gasteiger partial charge in [-0.05, 0) is 71.2 Å². The number of halogens is 1. The predicted octanol–water partition coefficient (Wildman–Crippen LogP) is 4.00. The second-order valence-electron chi connectivity index (χ2n) is 7.06. The number of carbonyl (C=O) groups is 2. The van der Waals surface area contributed by atoms with Gasteiger partial charge in [-0.25, -0.2) is 0 Å². The number of aryl methyl sites for hydroxylation is 2. The van der Waals surface area contributed by atoms with Crippen LogP contribution in [0.5, 0.6) is 5.75 Å². The quantitative estimate of drug-likeness (QED) is 0.631. The summed E-state index contributed by atoms with van der Waals surface area (Å²) in [7, 11) is 0. The third-order valence-corrected chi connectivity index (χ3v) is 5.61. The summed E-state index contributed by atoms with van der Waals surface area (Å²) >= 11 is 3.49. The van der Waals surface area contributed by atoms with Crippen molar-refractivity contribution in [2.24, 2.45) is 0 Å². The van der Waals surface area contributed by atoms with Gasteiger partial charge in [-0.3, -0.25) is 9.59 Å². The minimum Gasteiger partial charge on any atom is -0.492 e. The lowest BCUT2D eigenvalue weighted by atomic mass is 10.1. The lowest BCUT2D eigenvalue weighted by Crippen LogP contribution is -2.49. The molecule has 3 rings (SSSR count). The van der Waals surface area contributed by atoms with E-state index in [2.05, 4.69) is 20.8 Å². The number of amides is 1. The van der Waals surface area contributed by atoms with Crippen LogP contribution < -0.4 is 9.64 Å². The molecule has 0 aromatic heterocycles. The molecule has 5 nitrogen and oxygen atoms in total. The van der Waals surface area contributed by atoms with Gasteiger partial charge in [0.2, 0.25) is 5.91 Å². The van der Waals surface area contributed by atoms with Gasteiger partial charge in [-0.15, -0.1) is 0 Å². The third kappa shape index (κ3) is 4.93. The van der Waals surface area contributed by atoms with Gasteiger partial charge in [-0.2, -0.15) is 0 Å². The highest BCUT2D eigenvalue weighted by molar-refractivity contribution is 9.10. The van der Waals surface area contributed by atoms with Crippen molar-refractivity contribution in [1.29, 1.82) is 0 Å². The molecule has 1 aliphatic rings. The summed E-state index contributed by atoms with van der Waals surface area (Å²) in [5.74, 6) is 0.883. The van der Waals surface area contributed by atoms with E-state index in [-0.39, 0.29) is 5.91 Å². The van der Waals surface area contributed by atoms with Crippen molar-refractivity contribution in [1.82, 2.24) is 4.90 Å². The maximum absolute atomic E-state index is 12.5. The highest BCUT2D eigenvalue weighted by Gasteiger charge is 2.22. The van der Waals surface area contributed by atoms with Crippen LogP contribution in [0.4, 0.5) is 5.69 Å². The van der Waals surface area contributed by atoms with Crippen LogP contribution in [-0.4, -0.2) is 49.9 Å². The first kappa shape index (κ1) is 20.4. The second kappa shape index (κ2) is 9.24. The van der Waals surface area contributed by atoms with E-state index >= 15 is 0 Å². The normalized spacial score (nSPS) is 14.1. The molecule has 1 aliphatic heterocycles. The molecule has 1 saturated heterocycles. The summed E-state index contributed by atoms with van der Waals surface area (Å²) in [6.07, 6.45) is 1.23. The fourth-order valence-electron chi connectivity index (χ4n) is 3.43. The van der Waals surface area contributed by atoms with E-state index in [1.807, 2.05) is 55.1 Å². The Morgan fingerprint density at radius 3 is 2.50 bits per heavy atom. The number of carbonyl (C=O) groups excluding carboxylic acids is 2. The predicted molar refractivity (Wildman–Crippen MR) is 114 cm³/mol. The van der Waals surface area contributed by atoms with Gasteiger partial charge < -0.3 is 14.5 Å². The molecular formula is C22H25BrN2O3. The first-order chi connectivity index (χ1) is 13.5. The average Bonchev–Trinajstić information content (AvgIpc) is 2.69. The molecular weight excluding hydrogens is 420 g/mol. The molecule has 148 valence electrons. The Balaban J connectivity index is 1.48. The van der Waals surface area contributed by atoms with Crippen LogP contribution in [0.1, 0.15) is 27.9 Å². The molecule has 0 N–H and O–H groups in total. The van der Waals surface area contributed by atoms with Crippen LogP contribution in [0.15, 0.2) is 40.9 Å². The number of ether oxygens (including phenoxy) is 1. The summed E-state index contributed by atoms with van der Waals surface area (Å²) in [5, 5.41) is 0. The van der Waals surface area contributed by atoms with Gasteiger partial charge in [0.15, 0.2) is 0 Å². The van der Waals surface area contributed by atoms with Crippen molar-refractivity contribution in [2.45, 2.75) is 20.3 Å². The van der Waals surface area contributed by atoms with Crippen molar-refractivity contribution < 1.29 is 14.3 Å². The van der Waals surface area contributed by atoms with Crippen molar-refractivity contribution in [3.63, 3.8) is 0 Å². The van der Waals surface area contributed by atoms with Crippen LogP contribution in [0.3, 0.4) is 0 Å². The molecule has 0 aliphatic carbocycles. The summed E-state index contributed by atoms with van der Waals surface area (Å²) in [5.41, 5.74) is 4.06. The zero-order valence-electron chi connectivity index (χ0n) is 16.3. The minimum absolute atomic E-state index is 0.121. The SMILES string of the molecule is Cc1ccc(OCCC(=O)N2CCN(c3ccc(C=O)cc3C)CC2)c(Br)c1. The van der Waals surface area contributed by atoms with Crippen molar-refractivity contribution in [3.8, 4) is 5.75 Å². The van der Waals surface area contributed by atoms with Crippen LogP contribution >= 0.6 is 15.9 Å². The molecule has 0 saturated carbocycles. The first-order valence-corrected chi connectivity index (χ1v) is 10.2. The number of benzene rings is 2. The standard InChI is InChI=1S/C22H25BrN2O3/c1-16-3-6-21(19(23)13-16)28-12-7-22(27)25-10-8-24(9-11-25)20-5-4-18(15-26)14-17(20)2/h3-6,13-15H,7-12H2,1-2H3. The highest BCUT2D eigenvalue weighted by Crippen LogP contribution is 2.26. The molecule has 28 heavy (non-hydrogen) atoms. The Labute approximate surface area is 174 Å². The van der Waals surface area contributed by atoms with Gasteiger partial charge >= 0.3 is 0 Å². The number of hydrogen-bond donors (Lipinski definition) is 0. The van der Waals surface area contributed by atoms with Crippen molar-refractivity contribution in [2.75, 3.05) is 37.7 Å². The van der Waals surface area contributed by atoms with Crippen LogP contribution in [0.2, 0.25) is 0 Å². The van der Waals surface area contributed by atoms with E-state index in [1.54, 1.807) is 0 Å². The number of piperazine rings is 1. The van der Waals surface area contributed by atoms with Crippen molar-refractivity contribution >= 4 is 33.8 Å². The van der Waals surface area contributed by atoms with Gasteiger partial charge in [0.25, 0.3) is 0 Å². The Hall–Kier alpha value is -2.34. The number of nitrogens with zero attached hydrogens (tertiary/aromatic N) is 2. The first-order valence-electron chi connectivity index (χ1n) is 9.45. The van der Waals surface area contributed by atoms with Gasteiger partial charge in [0.1, 0.15) is 12.0 Å². The lowest BCUT2D eigenvalue weighted by molar-refractivity contribution is -0.132. The molecule has 0 unspecified atom stereocenters. The Kier molecular flexibility index (Phi) is 6.73. The summed E-state index contributed by atoms with van der Waals surface area (Å²) in [6.45, 7) is 7.38. The summed E-state index contributed by atoms with van der Waals surface area (Å²) < 4.78 is 6.65. The lowest BCUT2D eigenvalue weighted by Gasteiger charge is -2.37. The molecule has 0 atom stereocenters. The molecule has 1 heterocycles. The molecule has 1 amide bonds. The largest absolute Gasteiger partial charge is 0.492 e. The van der Waals surface area contributed by atoms with E-state index in [1.165, 1.54) is 0 Å². The fraction of sp³-hybridized carbons (Fsp3) is 0.364. The maximum Gasteiger partial charge on any atom is 0.226 e. The van der Waals surface area contributed by atoms with E-state index in [0.717, 1.165) is 46.4 Å². The van der Waals surface area contributed by atoms with E-state index in [4.69, 9.17) is 4.74 Å². The maximum atomic E-state index is 12.5. The zero-order chi connectivity index (χ0) is 20.1. The monoisotopic (exact) mass is 444 g/mol. The molecule has 2 aromatic rings. The molecule has 0 spiro atoms. The van der Waals surface area contributed by atoms with Crippen LogP contribution in [-0.2, 0) is 4.79 Å². The smallest absolute Gasteiger partial charge is 0.226 e. The Morgan fingerprint density at radius 1 is 1.11 bits per heavy atom. The molecule has 2 aromatic carbocycles. The minimum atomic E-state index is 0.121. The summed E-state index contributed by atoms with van der Waals surface area (Å²) in [6, 6.07) is 11.6.